The second-order valence-corrected chi connectivity index (χ2v) is 8.18. The molecule has 1 unspecified atom stereocenters. The summed E-state index contributed by atoms with van der Waals surface area (Å²) in [7, 11) is 0. The number of anilines is 1. The normalized spacial score (nSPS) is 12.7. The number of fused-ring (bicyclic) bond motifs is 1. The van der Waals surface area contributed by atoms with E-state index in [0.717, 1.165) is 12.0 Å². The number of pyridine rings is 1. The highest BCUT2D eigenvalue weighted by Crippen LogP contribution is 2.28. The standard InChI is InChI=1S/C23H25FN2O/c1-23(2,3)14-18(12-16-8-5-4-6-9-16)22(27)26-19-13-17-10-7-11-20(24)21(17)25-15-19/h4-11,13,15,18H,12,14H2,1-3H3,(H,26,27). The smallest absolute Gasteiger partial charge is 0.227 e. The predicted molar refractivity (Wildman–Crippen MR) is 108 cm³/mol. The summed E-state index contributed by atoms with van der Waals surface area (Å²) in [6.45, 7) is 6.41. The van der Waals surface area contributed by atoms with E-state index in [2.05, 4.69) is 31.1 Å². The van der Waals surface area contributed by atoms with Gasteiger partial charge in [0.25, 0.3) is 0 Å². The third kappa shape index (κ3) is 5.13. The first kappa shape index (κ1) is 19.0. The number of rotatable bonds is 5. The summed E-state index contributed by atoms with van der Waals surface area (Å²) in [5.74, 6) is -0.554. The lowest BCUT2D eigenvalue weighted by Crippen LogP contribution is -2.28. The van der Waals surface area contributed by atoms with Crippen LogP contribution in [0.25, 0.3) is 10.9 Å². The van der Waals surface area contributed by atoms with Crippen LogP contribution in [0.3, 0.4) is 0 Å². The van der Waals surface area contributed by atoms with Crippen LogP contribution < -0.4 is 5.32 Å². The first-order chi connectivity index (χ1) is 12.8. The summed E-state index contributed by atoms with van der Waals surface area (Å²) in [5.41, 5.74) is 2.07. The molecule has 4 heteroatoms. The van der Waals surface area contributed by atoms with Gasteiger partial charge in [0.15, 0.2) is 0 Å². The largest absolute Gasteiger partial charge is 0.324 e. The van der Waals surface area contributed by atoms with E-state index in [4.69, 9.17) is 0 Å². The number of benzene rings is 2. The SMILES string of the molecule is CC(C)(C)CC(Cc1ccccc1)C(=O)Nc1cnc2c(F)cccc2c1. The van der Waals surface area contributed by atoms with Gasteiger partial charge in [-0.2, -0.15) is 0 Å². The molecule has 0 saturated carbocycles. The summed E-state index contributed by atoms with van der Waals surface area (Å²) in [4.78, 5) is 17.1. The quantitative estimate of drug-likeness (QED) is 0.639. The summed E-state index contributed by atoms with van der Waals surface area (Å²) >= 11 is 0. The van der Waals surface area contributed by atoms with Gasteiger partial charge in [-0.25, -0.2) is 4.39 Å². The Morgan fingerprint density at radius 1 is 1.11 bits per heavy atom. The van der Waals surface area contributed by atoms with Gasteiger partial charge in [-0.15, -0.1) is 0 Å². The fourth-order valence-electron chi connectivity index (χ4n) is 3.33. The van der Waals surface area contributed by atoms with Gasteiger partial charge in [0.1, 0.15) is 11.3 Å². The Hall–Kier alpha value is -2.75. The molecule has 0 aliphatic rings. The molecule has 2 aromatic carbocycles. The lowest BCUT2D eigenvalue weighted by Gasteiger charge is -2.25. The molecular formula is C23H25FN2O. The Kier molecular flexibility index (Phi) is 5.54. The molecule has 3 rings (SSSR count). The van der Waals surface area contributed by atoms with Crippen molar-refractivity contribution in [2.45, 2.75) is 33.6 Å². The van der Waals surface area contributed by atoms with Crippen LogP contribution in [0.15, 0.2) is 60.8 Å². The lowest BCUT2D eigenvalue weighted by atomic mass is 9.81. The maximum absolute atomic E-state index is 13.8. The molecule has 1 atom stereocenters. The third-order valence-electron chi connectivity index (χ3n) is 4.48. The van der Waals surface area contributed by atoms with Crippen molar-refractivity contribution in [2.75, 3.05) is 5.32 Å². The third-order valence-corrected chi connectivity index (χ3v) is 4.48. The van der Waals surface area contributed by atoms with E-state index in [9.17, 15) is 9.18 Å². The molecule has 0 radical (unpaired) electrons. The molecule has 0 aliphatic carbocycles. The second kappa shape index (κ2) is 7.87. The van der Waals surface area contributed by atoms with Gasteiger partial charge in [-0.3, -0.25) is 9.78 Å². The van der Waals surface area contributed by atoms with Gasteiger partial charge in [0.05, 0.1) is 11.9 Å². The number of aromatic nitrogens is 1. The number of hydrogen-bond donors (Lipinski definition) is 1. The molecule has 0 fully saturated rings. The molecule has 0 aliphatic heterocycles. The zero-order valence-electron chi connectivity index (χ0n) is 16.0. The average molecular weight is 364 g/mol. The zero-order valence-corrected chi connectivity index (χ0v) is 16.0. The minimum absolute atomic E-state index is 0.0293. The second-order valence-electron chi connectivity index (χ2n) is 8.18. The lowest BCUT2D eigenvalue weighted by molar-refractivity contribution is -0.120. The van der Waals surface area contributed by atoms with Crippen LogP contribution in [0, 0.1) is 17.2 Å². The highest BCUT2D eigenvalue weighted by atomic mass is 19.1. The average Bonchev–Trinajstić information content (AvgIpc) is 2.61. The minimum atomic E-state index is -0.361. The van der Waals surface area contributed by atoms with Crippen LogP contribution in [-0.2, 0) is 11.2 Å². The van der Waals surface area contributed by atoms with Crippen LogP contribution in [0.1, 0.15) is 32.8 Å². The van der Waals surface area contributed by atoms with E-state index < -0.39 is 0 Å². The fraction of sp³-hybridized carbons (Fsp3) is 0.304. The number of amides is 1. The van der Waals surface area contributed by atoms with Crippen molar-refractivity contribution in [1.29, 1.82) is 0 Å². The minimum Gasteiger partial charge on any atom is -0.324 e. The molecule has 1 heterocycles. The van der Waals surface area contributed by atoms with Gasteiger partial charge in [0.2, 0.25) is 5.91 Å². The van der Waals surface area contributed by atoms with Crippen LogP contribution in [-0.4, -0.2) is 10.9 Å². The van der Waals surface area contributed by atoms with Crippen molar-refractivity contribution in [1.82, 2.24) is 4.98 Å². The van der Waals surface area contributed by atoms with E-state index in [0.29, 0.717) is 23.0 Å². The van der Waals surface area contributed by atoms with Gasteiger partial charge in [-0.1, -0.05) is 63.2 Å². The molecule has 1 N–H and O–H groups in total. The predicted octanol–water partition coefficient (Wildman–Crippen LogP) is 5.61. The molecule has 0 saturated heterocycles. The van der Waals surface area contributed by atoms with E-state index in [-0.39, 0.29) is 23.1 Å². The molecule has 1 amide bonds. The highest BCUT2D eigenvalue weighted by molar-refractivity contribution is 5.94. The van der Waals surface area contributed by atoms with Gasteiger partial charge in [0, 0.05) is 11.3 Å². The monoisotopic (exact) mass is 364 g/mol. The molecular weight excluding hydrogens is 339 g/mol. The molecule has 0 spiro atoms. The number of nitrogens with zero attached hydrogens (tertiary/aromatic N) is 1. The van der Waals surface area contributed by atoms with Gasteiger partial charge in [-0.05, 0) is 36.0 Å². The Morgan fingerprint density at radius 2 is 1.85 bits per heavy atom. The van der Waals surface area contributed by atoms with Crippen molar-refractivity contribution in [3.8, 4) is 0 Å². The molecule has 3 nitrogen and oxygen atoms in total. The van der Waals surface area contributed by atoms with Crippen molar-refractivity contribution in [3.63, 3.8) is 0 Å². The molecule has 1 aromatic heterocycles. The van der Waals surface area contributed by atoms with Crippen LogP contribution in [0.4, 0.5) is 10.1 Å². The first-order valence-corrected chi connectivity index (χ1v) is 9.21. The van der Waals surface area contributed by atoms with E-state index in [1.54, 1.807) is 18.2 Å². The maximum atomic E-state index is 13.8. The number of nitrogens with one attached hydrogen (secondary N) is 1. The number of carbonyl (C=O) groups is 1. The van der Waals surface area contributed by atoms with E-state index >= 15 is 0 Å². The topological polar surface area (TPSA) is 42.0 Å². The number of halogens is 1. The molecule has 3 aromatic rings. The van der Waals surface area contributed by atoms with E-state index in [1.165, 1.54) is 12.3 Å². The molecule has 0 bridgehead atoms. The van der Waals surface area contributed by atoms with Gasteiger partial charge >= 0.3 is 0 Å². The molecule has 140 valence electrons. The van der Waals surface area contributed by atoms with Crippen molar-refractivity contribution >= 4 is 22.5 Å². The molecule has 27 heavy (non-hydrogen) atoms. The Balaban J connectivity index is 1.81. The van der Waals surface area contributed by atoms with Crippen molar-refractivity contribution in [3.05, 3.63) is 72.2 Å². The van der Waals surface area contributed by atoms with Crippen LogP contribution in [0.5, 0.6) is 0 Å². The summed E-state index contributed by atoms with van der Waals surface area (Å²) in [6.07, 6.45) is 2.96. The Bertz CT molecular complexity index is 932. The van der Waals surface area contributed by atoms with Gasteiger partial charge < -0.3 is 5.32 Å². The van der Waals surface area contributed by atoms with E-state index in [1.807, 2.05) is 30.3 Å². The van der Waals surface area contributed by atoms with Crippen molar-refractivity contribution < 1.29 is 9.18 Å². The van der Waals surface area contributed by atoms with Crippen LogP contribution in [0.2, 0.25) is 0 Å². The number of carbonyl (C=O) groups excluding carboxylic acids is 1. The first-order valence-electron chi connectivity index (χ1n) is 9.21. The maximum Gasteiger partial charge on any atom is 0.227 e. The highest BCUT2D eigenvalue weighted by Gasteiger charge is 2.25. The summed E-state index contributed by atoms with van der Waals surface area (Å²) in [6, 6.07) is 16.6. The zero-order chi connectivity index (χ0) is 19.4. The number of para-hydroxylation sites is 1. The summed E-state index contributed by atoms with van der Waals surface area (Å²) in [5, 5.41) is 3.64. The Labute approximate surface area is 159 Å². The van der Waals surface area contributed by atoms with Crippen molar-refractivity contribution in [2.24, 2.45) is 11.3 Å². The summed E-state index contributed by atoms with van der Waals surface area (Å²) < 4.78 is 13.8. The fourth-order valence-corrected chi connectivity index (χ4v) is 3.33. The van der Waals surface area contributed by atoms with Crippen LogP contribution >= 0.6 is 0 Å². The number of hydrogen-bond acceptors (Lipinski definition) is 2. The Morgan fingerprint density at radius 3 is 2.56 bits per heavy atom.